The Balaban J connectivity index is 1.49. The number of benzene rings is 3. The van der Waals surface area contributed by atoms with E-state index in [1.807, 2.05) is 12.1 Å². The average Bonchev–Trinajstić information content (AvgIpc) is 2.92. The molecule has 0 saturated carbocycles. The van der Waals surface area contributed by atoms with Crippen LogP contribution in [0.1, 0.15) is 41.5 Å². The van der Waals surface area contributed by atoms with E-state index in [2.05, 4.69) is 78.9 Å². The zero-order valence-electron chi connectivity index (χ0n) is 22.5. The summed E-state index contributed by atoms with van der Waals surface area (Å²) in [5.41, 5.74) is 6.46. The van der Waals surface area contributed by atoms with Gasteiger partial charge < -0.3 is 19.5 Å². The fraction of sp³-hybridized carbons (Fsp3) is 0.375. The van der Waals surface area contributed by atoms with Gasteiger partial charge in [-0.05, 0) is 91.7 Å². The molecule has 3 aromatic rings. The highest BCUT2D eigenvalue weighted by atomic mass is 16.5. The lowest BCUT2D eigenvalue weighted by atomic mass is 9.79. The minimum absolute atomic E-state index is 0.357. The molecule has 5 heteroatoms. The summed E-state index contributed by atoms with van der Waals surface area (Å²) in [5.74, 6) is 2.56. The molecule has 5 nitrogen and oxygen atoms in total. The van der Waals surface area contributed by atoms with Crippen LogP contribution in [0.15, 0.2) is 73.3 Å². The second kappa shape index (κ2) is 12.7. The van der Waals surface area contributed by atoms with E-state index < -0.39 is 0 Å². The molecular formula is C32H40N2O3. The van der Waals surface area contributed by atoms with Crippen LogP contribution in [-0.4, -0.2) is 50.4 Å². The summed E-state index contributed by atoms with van der Waals surface area (Å²) < 4.78 is 11.6. The van der Waals surface area contributed by atoms with Gasteiger partial charge in [-0.2, -0.15) is 0 Å². The topological polar surface area (TPSA) is 45.2 Å². The molecule has 1 unspecified atom stereocenters. The highest BCUT2D eigenvalue weighted by molar-refractivity contribution is 5.60. The van der Waals surface area contributed by atoms with Crippen LogP contribution < -0.4 is 14.4 Å². The number of likely N-dealkylation sites (N-methyl/N-ethyl adjacent to an activating group) is 1. The summed E-state index contributed by atoms with van der Waals surface area (Å²) in [6.45, 7) is 10.1. The summed E-state index contributed by atoms with van der Waals surface area (Å²) in [5, 5.41) is 9.89. The van der Waals surface area contributed by atoms with Crippen LogP contribution in [0, 0.1) is 0 Å². The first-order valence-electron chi connectivity index (χ1n) is 13.3. The van der Waals surface area contributed by atoms with Crippen LogP contribution in [0.5, 0.6) is 17.2 Å². The van der Waals surface area contributed by atoms with Crippen LogP contribution in [0.4, 0.5) is 5.69 Å². The molecule has 0 fully saturated rings. The molecular weight excluding hydrogens is 460 g/mol. The maximum absolute atomic E-state index is 9.89. The zero-order chi connectivity index (χ0) is 26.2. The van der Waals surface area contributed by atoms with Gasteiger partial charge in [-0.25, -0.2) is 0 Å². The first-order valence-corrected chi connectivity index (χ1v) is 13.3. The summed E-state index contributed by atoms with van der Waals surface area (Å²) in [6.07, 6.45) is 4.94. The highest BCUT2D eigenvalue weighted by Gasteiger charge is 2.24. The zero-order valence-corrected chi connectivity index (χ0v) is 22.5. The number of methoxy groups -OCH3 is 1. The molecule has 4 rings (SSSR count). The van der Waals surface area contributed by atoms with Crippen molar-refractivity contribution in [3.63, 3.8) is 0 Å². The van der Waals surface area contributed by atoms with Crippen molar-refractivity contribution in [3.8, 4) is 17.2 Å². The number of phenols is 1. The van der Waals surface area contributed by atoms with Crippen molar-refractivity contribution in [2.45, 2.75) is 38.6 Å². The van der Waals surface area contributed by atoms with Gasteiger partial charge in [0.25, 0.3) is 0 Å². The van der Waals surface area contributed by atoms with Crippen molar-refractivity contribution >= 4 is 5.69 Å². The molecule has 0 saturated heterocycles. The molecule has 1 aliphatic carbocycles. The van der Waals surface area contributed by atoms with E-state index >= 15 is 0 Å². The largest absolute Gasteiger partial charge is 0.508 e. The number of hydrogen-bond donors (Lipinski definition) is 1. The third-order valence-corrected chi connectivity index (χ3v) is 7.30. The lowest BCUT2D eigenvalue weighted by molar-refractivity contribution is 0.249. The molecule has 0 spiro atoms. The first-order chi connectivity index (χ1) is 18.0. The van der Waals surface area contributed by atoms with Crippen molar-refractivity contribution in [3.05, 3.63) is 95.6 Å². The highest BCUT2D eigenvalue weighted by Crippen LogP contribution is 2.40. The quantitative estimate of drug-likeness (QED) is 0.300. The number of phenolic OH excluding ortho intramolecular Hbond substituents is 1. The van der Waals surface area contributed by atoms with Gasteiger partial charge in [-0.15, -0.1) is 6.58 Å². The van der Waals surface area contributed by atoms with Crippen molar-refractivity contribution in [2.75, 3.05) is 45.3 Å². The minimum Gasteiger partial charge on any atom is -0.508 e. The molecule has 0 aromatic heterocycles. The van der Waals surface area contributed by atoms with Crippen molar-refractivity contribution in [1.29, 1.82) is 0 Å². The molecule has 0 aliphatic heterocycles. The molecule has 0 radical (unpaired) electrons. The third kappa shape index (κ3) is 6.86. The minimum atomic E-state index is 0.357. The Morgan fingerprint density at radius 3 is 2.54 bits per heavy atom. The molecule has 0 heterocycles. The van der Waals surface area contributed by atoms with E-state index in [0.717, 1.165) is 56.9 Å². The van der Waals surface area contributed by atoms with Crippen molar-refractivity contribution in [2.24, 2.45) is 0 Å². The molecule has 37 heavy (non-hydrogen) atoms. The maximum Gasteiger partial charge on any atom is 0.120 e. The number of aryl methyl sites for hydroxylation is 1. The lowest BCUT2D eigenvalue weighted by Crippen LogP contribution is -2.25. The summed E-state index contributed by atoms with van der Waals surface area (Å²) >= 11 is 0. The molecule has 3 aromatic carbocycles. The van der Waals surface area contributed by atoms with Crippen LogP contribution >= 0.6 is 0 Å². The normalized spacial score (nSPS) is 14.8. The van der Waals surface area contributed by atoms with Gasteiger partial charge in [0, 0.05) is 37.9 Å². The molecule has 0 amide bonds. The lowest BCUT2D eigenvalue weighted by Gasteiger charge is -2.32. The fourth-order valence-electron chi connectivity index (χ4n) is 5.19. The fourth-order valence-corrected chi connectivity index (χ4v) is 5.19. The van der Waals surface area contributed by atoms with E-state index in [9.17, 15) is 5.11 Å². The molecule has 1 aliphatic rings. The summed E-state index contributed by atoms with van der Waals surface area (Å²) in [7, 11) is 3.80. The number of nitrogens with zero attached hydrogens (tertiary/aromatic N) is 2. The Morgan fingerprint density at radius 1 is 1.03 bits per heavy atom. The molecule has 196 valence electrons. The Labute approximate surface area is 222 Å². The van der Waals surface area contributed by atoms with E-state index in [-0.39, 0.29) is 0 Å². The smallest absolute Gasteiger partial charge is 0.120 e. The van der Waals surface area contributed by atoms with Crippen LogP contribution in [0.25, 0.3) is 0 Å². The summed E-state index contributed by atoms with van der Waals surface area (Å²) in [6, 6.07) is 20.8. The summed E-state index contributed by atoms with van der Waals surface area (Å²) in [4.78, 5) is 4.62. The van der Waals surface area contributed by atoms with E-state index in [1.54, 1.807) is 13.2 Å². The van der Waals surface area contributed by atoms with Gasteiger partial charge in [-0.3, -0.25) is 4.90 Å². The maximum atomic E-state index is 9.89. The predicted molar refractivity (Wildman–Crippen MR) is 152 cm³/mol. The van der Waals surface area contributed by atoms with Gasteiger partial charge >= 0.3 is 0 Å². The average molecular weight is 501 g/mol. The van der Waals surface area contributed by atoms with E-state index in [4.69, 9.17) is 9.47 Å². The molecule has 1 N–H and O–H groups in total. The second-order valence-electron chi connectivity index (χ2n) is 9.87. The number of anilines is 1. The Kier molecular flexibility index (Phi) is 9.13. The van der Waals surface area contributed by atoms with Gasteiger partial charge in [0.05, 0.1) is 7.11 Å². The Morgan fingerprint density at radius 2 is 1.81 bits per heavy atom. The monoisotopic (exact) mass is 500 g/mol. The predicted octanol–water partition coefficient (Wildman–Crippen LogP) is 6.20. The van der Waals surface area contributed by atoms with Gasteiger partial charge in [0.15, 0.2) is 0 Å². The third-order valence-electron chi connectivity index (χ3n) is 7.30. The van der Waals surface area contributed by atoms with Crippen molar-refractivity contribution < 1.29 is 14.6 Å². The van der Waals surface area contributed by atoms with Gasteiger partial charge in [-0.1, -0.05) is 30.3 Å². The molecule has 0 bridgehead atoms. The van der Waals surface area contributed by atoms with E-state index in [1.165, 1.54) is 27.9 Å². The number of fused-ring (bicyclic) bond motifs is 1. The number of ether oxygens (including phenoxy) is 2. The van der Waals surface area contributed by atoms with Gasteiger partial charge in [0.2, 0.25) is 0 Å². The SMILES string of the molecule is C=CCN(C)CCOc1ccc(CN(CC)c2cc(OC)ccc2C2CCc3cc(O)ccc3C2)cc1. The van der Waals surface area contributed by atoms with Crippen LogP contribution in [0.2, 0.25) is 0 Å². The Bertz CT molecular complexity index is 1180. The van der Waals surface area contributed by atoms with E-state index in [0.29, 0.717) is 18.3 Å². The van der Waals surface area contributed by atoms with Crippen LogP contribution in [-0.2, 0) is 19.4 Å². The number of rotatable bonds is 12. The Hall–Kier alpha value is -3.44. The van der Waals surface area contributed by atoms with Gasteiger partial charge in [0.1, 0.15) is 23.9 Å². The van der Waals surface area contributed by atoms with Crippen LogP contribution in [0.3, 0.4) is 0 Å². The number of hydrogen-bond acceptors (Lipinski definition) is 5. The second-order valence-corrected chi connectivity index (χ2v) is 9.87. The molecule has 1 atom stereocenters. The van der Waals surface area contributed by atoms with Crippen molar-refractivity contribution in [1.82, 2.24) is 4.90 Å². The number of aromatic hydroxyl groups is 1. The standard InChI is InChI=1S/C32H40N2O3/c1-5-17-33(3)18-19-37-29-13-7-24(8-14-29)23-34(6-2)32-22-30(36-4)15-16-31(32)27-10-9-26-21-28(35)12-11-25(26)20-27/h5,7-8,11-16,21-22,27,35H,1,6,9-10,17-20,23H2,2-4H3. The first kappa shape index (κ1) is 26.6.